The molecular weight excluding hydrogens is 441 g/mol. The molecule has 1 aliphatic rings. The molecule has 2 aromatic carbocycles. The van der Waals surface area contributed by atoms with Gasteiger partial charge in [0.1, 0.15) is 17.5 Å². The van der Waals surface area contributed by atoms with Gasteiger partial charge in [0.15, 0.2) is 17.1 Å². The third kappa shape index (κ3) is 4.38. The minimum Gasteiger partial charge on any atom is -0.454 e. The summed E-state index contributed by atoms with van der Waals surface area (Å²) in [5.74, 6) is 0.678. The van der Waals surface area contributed by atoms with Gasteiger partial charge in [-0.15, -0.1) is 0 Å². The van der Waals surface area contributed by atoms with Crippen LogP contribution in [0, 0.1) is 5.82 Å². The number of ether oxygens (including phenoxy) is 2. The lowest BCUT2D eigenvalue weighted by molar-refractivity contribution is -0.116. The van der Waals surface area contributed by atoms with E-state index in [1.165, 1.54) is 29.2 Å². The van der Waals surface area contributed by atoms with Gasteiger partial charge >= 0.3 is 0 Å². The molecule has 10 heteroatoms. The molecule has 0 atom stereocenters. The Hall–Kier alpha value is -4.47. The zero-order valence-electron chi connectivity index (χ0n) is 18.0. The van der Waals surface area contributed by atoms with Gasteiger partial charge in [-0.2, -0.15) is 5.10 Å². The van der Waals surface area contributed by atoms with E-state index < -0.39 is 0 Å². The van der Waals surface area contributed by atoms with Crippen molar-refractivity contribution in [2.24, 2.45) is 0 Å². The number of halogens is 1. The summed E-state index contributed by atoms with van der Waals surface area (Å²) in [6.07, 6.45) is 5.92. The monoisotopic (exact) mass is 461 g/mol. The third-order valence-corrected chi connectivity index (χ3v) is 5.37. The van der Waals surface area contributed by atoms with E-state index in [0.29, 0.717) is 41.2 Å². The van der Waals surface area contributed by atoms with Crippen LogP contribution in [0.5, 0.6) is 11.5 Å². The summed E-state index contributed by atoms with van der Waals surface area (Å²) in [6, 6.07) is 11.7. The maximum absolute atomic E-state index is 13.9. The molecule has 1 amide bonds. The normalized spacial score (nSPS) is 12.5. The fourth-order valence-corrected chi connectivity index (χ4v) is 3.62. The second-order valence-corrected chi connectivity index (χ2v) is 7.61. The zero-order valence-corrected chi connectivity index (χ0v) is 18.0. The Bertz CT molecular complexity index is 1460. The minimum atomic E-state index is -0.381. The van der Waals surface area contributed by atoms with Crippen LogP contribution in [-0.2, 0) is 17.9 Å². The van der Waals surface area contributed by atoms with Gasteiger partial charge in [0.05, 0.1) is 19.3 Å². The summed E-state index contributed by atoms with van der Waals surface area (Å²) < 4.78 is 27.4. The number of hydrogen-bond donors (Lipinski definition) is 1. The molecule has 3 heterocycles. The molecule has 34 heavy (non-hydrogen) atoms. The number of carbonyl (C=O) groups is 1. The van der Waals surface area contributed by atoms with Gasteiger partial charge in [0.25, 0.3) is 5.56 Å². The molecule has 2 aromatic heterocycles. The first kappa shape index (κ1) is 21.4. The number of amides is 1. The van der Waals surface area contributed by atoms with Gasteiger partial charge in [0, 0.05) is 18.2 Å². The van der Waals surface area contributed by atoms with Gasteiger partial charge in [-0.25, -0.2) is 14.1 Å². The number of nitrogens with one attached hydrogen (secondary N) is 1. The van der Waals surface area contributed by atoms with Crippen molar-refractivity contribution in [2.75, 3.05) is 13.3 Å². The summed E-state index contributed by atoms with van der Waals surface area (Å²) in [5.41, 5.74) is 1.30. The number of carbonyl (C=O) groups excluding carboxylic acids is 1. The first-order valence-electron chi connectivity index (χ1n) is 10.6. The van der Waals surface area contributed by atoms with Gasteiger partial charge in [-0.1, -0.05) is 24.3 Å². The quantitative estimate of drug-likeness (QED) is 0.424. The van der Waals surface area contributed by atoms with Gasteiger partial charge in [-0.3, -0.25) is 14.2 Å². The molecule has 0 fully saturated rings. The summed E-state index contributed by atoms with van der Waals surface area (Å²) in [4.78, 5) is 29.3. The van der Waals surface area contributed by atoms with Crippen molar-refractivity contribution < 1.29 is 18.7 Å². The highest BCUT2D eigenvalue weighted by molar-refractivity contribution is 5.91. The Kier molecular flexibility index (Phi) is 5.77. The van der Waals surface area contributed by atoms with Crippen LogP contribution in [0.25, 0.3) is 17.1 Å². The first-order valence-corrected chi connectivity index (χ1v) is 10.6. The smallest absolute Gasteiger partial charge is 0.264 e. The highest BCUT2D eigenvalue weighted by atomic mass is 19.1. The molecular formula is C24H20FN5O4. The number of rotatable bonds is 7. The lowest BCUT2D eigenvalue weighted by Crippen LogP contribution is -2.26. The molecule has 0 unspecified atom stereocenters. The molecule has 9 nitrogen and oxygen atoms in total. The van der Waals surface area contributed by atoms with E-state index in [2.05, 4.69) is 15.4 Å². The van der Waals surface area contributed by atoms with Crippen LogP contribution in [0.2, 0.25) is 0 Å². The average Bonchev–Trinajstić information content (AvgIpc) is 3.48. The third-order valence-electron chi connectivity index (χ3n) is 5.37. The van der Waals surface area contributed by atoms with Crippen molar-refractivity contribution >= 4 is 23.0 Å². The molecule has 1 N–H and O–H groups in total. The van der Waals surface area contributed by atoms with Crippen LogP contribution in [-0.4, -0.2) is 38.6 Å². The molecule has 0 saturated heterocycles. The lowest BCUT2D eigenvalue weighted by Gasteiger charge is -2.07. The van der Waals surface area contributed by atoms with Crippen LogP contribution >= 0.6 is 0 Å². The summed E-state index contributed by atoms with van der Waals surface area (Å²) >= 11 is 0. The van der Waals surface area contributed by atoms with Gasteiger partial charge in [0.2, 0.25) is 12.7 Å². The number of nitrogens with zero attached hydrogens (tertiary/aromatic N) is 4. The Morgan fingerprint density at radius 2 is 2.03 bits per heavy atom. The standard InChI is InChI=1S/C24H20FN5O4/c25-19-4-2-1-3-17(19)13-29-14-27-23-18(24(29)32)12-28-30(23)10-9-26-22(31)8-6-16-5-7-20-21(11-16)34-15-33-20/h1-8,11-12,14H,9-10,13,15H2,(H,26,31)/b8-6+. The lowest BCUT2D eigenvalue weighted by atomic mass is 10.2. The van der Waals surface area contributed by atoms with E-state index in [1.54, 1.807) is 41.1 Å². The topological polar surface area (TPSA) is 100 Å². The van der Waals surface area contributed by atoms with E-state index in [0.717, 1.165) is 5.56 Å². The van der Waals surface area contributed by atoms with Crippen LogP contribution in [0.15, 0.2) is 65.9 Å². The predicted octanol–water partition coefficient (Wildman–Crippen LogP) is 2.34. The largest absolute Gasteiger partial charge is 0.454 e. The summed E-state index contributed by atoms with van der Waals surface area (Å²) in [7, 11) is 0. The number of benzene rings is 2. The predicted molar refractivity (Wildman–Crippen MR) is 122 cm³/mol. The van der Waals surface area contributed by atoms with E-state index >= 15 is 0 Å². The Morgan fingerprint density at radius 1 is 1.18 bits per heavy atom. The Balaban J connectivity index is 1.20. The second-order valence-electron chi connectivity index (χ2n) is 7.61. The van der Waals surface area contributed by atoms with Crippen molar-refractivity contribution in [3.8, 4) is 11.5 Å². The molecule has 172 valence electrons. The van der Waals surface area contributed by atoms with Gasteiger partial charge in [-0.05, 0) is 29.8 Å². The van der Waals surface area contributed by atoms with E-state index in [4.69, 9.17) is 9.47 Å². The van der Waals surface area contributed by atoms with Crippen molar-refractivity contribution in [1.29, 1.82) is 0 Å². The molecule has 0 aliphatic carbocycles. The van der Waals surface area contributed by atoms with Gasteiger partial charge < -0.3 is 14.8 Å². The molecule has 5 rings (SSSR count). The number of hydrogen-bond acceptors (Lipinski definition) is 6. The van der Waals surface area contributed by atoms with Crippen LogP contribution in [0.1, 0.15) is 11.1 Å². The molecule has 0 radical (unpaired) electrons. The van der Waals surface area contributed by atoms with Crippen molar-refractivity contribution in [2.45, 2.75) is 13.1 Å². The van der Waals surface area contributed by atoms with Crippen molar-refractivity contribution in [1.82, 2.24) is 24.6 Å². The van der Waals surface area contributed by atoms with Crippen LogP contribution < -0.4 is 20.3 Å². The zero-order chi connectivity index (χ0) is 23.5. The summed E-state index contributed by atoms with van der Waals surface area (Å²) in [5, 5.41) is 7.32. The molecule has 4 aromatic rings. The first-order chi connectivity index (χ1) is 16.6. The van der Waals surface area contributed by atoms with Crippen molar-refractivity contribution in [3.05, 3.63) is 88.4 Å². The van der Waals surface area contributed by atoms with Crippen LogP contribution in [0.4, 0.5) is 4.39 Å². The maximum atomic E-state index is 13.9. The fourth-order valence-electron chi connectivity index (χ4n) is 3.62. The highest BCUT2D eigenvalue weighted by Crippen LogP contribution is 2.32. The Labute approximate surface area is 193 Å². The minimum absolute atomic E-state index is 0.0748. The number of aromatic nitrogens is 4. The fraction of sp³-hybridized carbons (Fsp3) is 0.167. The van der Waals surface area contributed by atoms with Crippen LogP contribution in [0.3, 0.4) is 0 Å². The molecule has 0 spiro atoms. The van der Waals surface area contributed by atoms with Crippen molar-refractivity contribution in [3.63, 3.8) is 0 Å². The van der Waals surface area contributed by atoms with E-state index in [1.807, 2.05) is 6.07 Å². The average molecular weight is 461 g/mol. The maximum Gasteiger partial charge on any atom is 0.264 e. The molecule has 0 bridgehead atoms. The number of fused-ring (bicyclic) bond motifs is 2. The molecule has 0 saturated carbocycles. The highest BCUT2D eigenvalue weighted by Gasteiger charge is 2.13. The summed E-state index contributed by atoms with van der Waals surface area (Å²) in [6.45, 7) is 0.892. The molecule has 1 aliphatic heterocycles. The SMILES string of the molecule is O=C(/C=C/c1ccc2c(c1)OCO2)NCCn1ncc2c(=O)n(Cc3ccccc3F)cnc21. The van der Waals surface area contributed by atoms with E-state index in [-0.39, 0.29) is 30.6 Å². The van der Waals surface area contributed by atoms with E-state index in [9.17, 15) is 14.0 Å². The second kappa shape index (κ2) is 9.18. The Morgan fingerprint density at radius 3 is 2.91 bits per heavy atom.